The Morgan fingerprint density at radius 3 is 2.62 bits per heavy atom. The normalized spacial score (nSPS) is 12.5. The highest BCUT2D eigenvalue weighted by molar-refractivity contribution is 7.26. The third-order valence-corrected chi connectivity index (χ3v) is 8.17. The first-order chi connectivity index (χ1) is 18.2. The lowest BCUT2D eigenvalue weighted by Gasteiger charge is -2.12. The van der Waals surface area contributed by atoms with Crippen molar-refractivity contribution >= 4 is 43.3 Å². The third-order valence-electron chi connectivity index (χ3n) is 6.95. The minimum absolute atomic E-state index is 1.04. The summed E-state index contributed by atoms with van der Waals surface area (Å²) in [5.74, 6) is 0. The number of aromatic nitrogens is 1. The predicted octanol–water partition coefficient (Wildman–Crippen LogP) is 9.26. The molecular formula is C34H32N2S. The molecule has 3 heteroatoms. The van der Waals surface area contributed by atoms with Crippen LogP contribution in [0.1, 0.15) is 35.6 Å². The van der Waals surface area contributed by atoms with E-state index in [2.05, 4.69) is 103 Å². The maximum absolute atomic E-state index is 4.57. The van der Waals surface area contributed by atoms with E-state index in [0.29, 0.717) is 0 Å². The molecule has 0 fully saturated rings. The molecule has 0 radical (unpaired) electrons. The van der Waals surface area contributed by atoms with Crippen LogP contribution in [-0.2, 0) is 12.8 Å². The van der Waals surface area contributed by atoms with Gasteiger partial charge in [-0.25, -0.2) is 0 Å². The van der Waals surface area contributed by atoms with Crippen LogP contribution in [0, 0.1) is 6.92 Å². The molecule has 5 rings (SSSR count). The predicted molar refractivity (Wildman–Crippen MR) is 163 cm³/mol. The highest BCUT2D eigenvalue weighted by Gasteiger charge is 2.13. The van der Waals surface area contributed by atoms with Crippen molar-refractivity contribution < 1.29 is 0 Å². The number of aryl methyl sites for hydroxylation is 2. The Morgan fingerprint density at radius 1 is 0.919 bits per heavy atom. The molecule has 0 spiro atoms. The van der Waals surface area contributed by atoms with Crippen LogP contribution in [0.15, 0.2) is 102 Å². The van der Waals surface area contributed by atoms with Crippen LogP contribution >= 0.6 is 11.3 Å². The first-order valence-electron chi connectivity index (χ1n) is 12.9. The average molecular weight is 501 g/mol. The topological polar surface area (TPSA) is 25.2 Å². The van der Waals surface area contributed by atoms with Crippen LogP contribution in [0.4, 0.5) is 0 Å². The number of benzene rings is 3. The fraction of sp³-hybridized carbons (Fsp3) is 0.176. The number of pyridine rings is 1. The smallest absolute Gasteiger partial charge is 0.0704 e. The molecule has 0 aliphatic heterocycles. The number of aliphatic imine (C=N–C) groups is 1. The maximum atomic E-state index is 4.57. The van der Waals surface area contributed by atoms with Crippen molar-refractivity contribution in [2.75, 3.05) is 7.05 Å². The van der Waals surface area contributed by atoms with Crippen LogP contribution in [0.3, 0.4) is 0 Å². The number of allylic oxidation sites excluding steroid dienone is 4. The second-order valence-electron chi connectivity index (χ2n) is 9.42. The van der Waals surface area contributed by atoms with Gasteiger partial charge in [0.15, 0.2) is 0 Å². The monoisotopic (exact) mass is 500 g/mol. The molecule has 0 atom stereocenters. The second kappa shape index (κ2) is 11.5. The first kappa shape index (κ1) is 24.9. The van der Waals surface area contributed by atoms with Crippen LogP contribution in [0.25, 0.3) is 37.0 Å². The van der Waals surface area contributed by atoms with E-state index in [9.17, 15) is 0 Å². The summed E-state index contributed by atoms with van der Waals surface area (Å²) in [7, 11) is 1.79. The molecule has 2 aromatic heterocycles. The van der Waals surface area contributed by atoms with Gasteiger partial charge in [0.05, 0.1) is 5.69 Å². The van der Waals surface area contributed by atoms with E-state index >= 15 is 0 Å². The molecule has 0 aliphatic carbocycles. The Hall–Kier alpha value is -3.82. The van der Waals surface area contributed by atoms with Gasteiger partial charge in [0, 0.05) is 45.2 Å². The lowest BCUT2D eigenvalue weighted by Crippen LogP contribution is -1.96. The Morgan fingerprint density at radius 2 is 1.78 bits per heavy atom. The molecule has 37 heavy (non-hydrogen) atoms. The molecule has 0 amide bonds. The van der Waals surface area contributed by atoms with Gasteiger partial charge in [-0.1, -0.05) is 60.7 Å². The van der Waals surface area contributed by atoms with E-state index in [1.165, 1.54) is 53.6 Å². The van der Waals surface area contributed by atoms with Gasteiger partial charge < -0.3 is 0 Å². The van der Waals surface area contributed by atoms with Gasteiger partial charge in [-0.3, -0.25) is 9.98 Å². The number of nitrogens with zero attached hydrogens (tertiary/aromatic N) is 2. The van der Waals surface area contributed by atoms with Crippen molar-refractivity contribution in [3.63, 3.8) is 0 Å². The minimum Gasteiger partial charge on any atom is -0.297 e. The third kappa shape index (κ3) is 5.47. The molecule has 0 bridgehead atoms. The highest BCUT2D eigenvalue weighted by Crippen LogP contribution is 2.39. The summed E-state index contributed by atoms with van der Waals surface area (Å²) in [5, 5.41) is 2.72. The zero-order chi connectivity index (χ0) is 25.6. The number of rotatable bonds is 8. The molecule has 0 N–H and O–H groups in total. The zero-order valence-corrected chi connectivity index (χ0v) is 22.6. The van der Waals surface area contributed by atoms with Crippen LogP contribution in [-0.4, -0.2) is 18.2 Å². The van der Waals surface area contributed by atoms with Crippen molar-refractivity contribution in [2.24, 2.45) is 4.99 Å². The van der Waals surface area contributed by atoms with Crippen LogP contribution in [0.2, 0.25) is 0 Å². The number of fused-ring (bicyclic) bond motifs is 3. The largest absolute Gasteiger partial charge is 0.297 e. The highest BCUT2D eigenvalue weighted by atomic mass is 32.1. The lowest BCUT2D eigenvalue weighted by atomic mass is 9.94. The summed E-state index contributed by atoms with van der Waals surface area (Å²) in [6.45, 7) is 4.44. The Bertz CT molecular complexity index is 1620. The lowest BCUT2D eigenvalue weighted by molar-refractivity contribution is 0.817. The standard InChI is InChI=1S/C34H32N2S/c1-24(12-6-8-20-35-3)30-22-26(23-31-29-16-4-5-19-33(29)37-34(30)31)13-10-14-27-15-11-17-28(25(27)2)32-18-7-9-21-36-32/h4-9,11-12,15-23H,10,13-14H2,1-3H3/b8-6-,24-12+,35-20?. The molecule has 0 saturated heterocycles. The number of thiophene rings is 1. The fourth-order valence-electron chi connectivity index (χ4n) is 4.99. The molecule has 3 aromatic carbocycles. The Balaban J connectivity index is 1.44. The summed E-state index contributed by atoms with van der Waals surface area (Å²) in [6.07, 6.45) is 13.1. The van der Waals surface area contributed by atoms with Crippen molar-refractivity contribution in [3.05, 3.63) is 119 Å². The van der Waals surface area contributed by atoms with Crippen LogP contribution < -0.4 is 0 Å². The molecule has 0 saturated carbocycles. The van der Waals surface area contributed by atoms with E-state index in [-0.39, 0.29) is 0 Å². The van der Waals surface area contributed by atoms with E-state index in [4.69, 9.17) is 0 Å². The van der Waals surface area contributed by atoms with Crippen molar-refractivity contribution in [1.82, 2.24) is 4.98 Å². The van der Waals surface area contributed by atoms with E-state index in [1.54, 1.807) is 7.05 Å². The van der Waals surface area contributed by atoms with E-state index < -0.39 is 0 Å². The molecule has 2 nitrogen and oxygen atoms in total. The summed E-state index contributed by atoms with van der Waals surface area (Å²) < 4.78 is 2.72. The molecule has 2 heterocycles. The number of hydrogen-bond donors (Lipinski definition) is 0. The molecule has 184 valence electrons. The van der Waals surface area contributed by atoms with Gasteiger partial charge in [-0.15, -0.1) is 11.3 Å². The van der Waals surface area contributed by atoms with E-state index in [0.717, 1.165) is 25.0 Å². The minimum atomic E-state index is 1.04. The fourth-order valence-corrected chi connectivity index (χ4v) is 6.25. The first-order valence-corrected chi connectivity index (χ1v) is 13.7. The van der Waals surface area contributed by atoms with Gasteiger partial charge in [0.1, 0.15) is 0 Å². The van der Waals surface area contributed by atoms with Crippen molar-refractivity contribution in [1.29, 1.82) is 0 Å². The second-order valence-corrected chi connectivity index (χ2v) is 10.5. The average Bonchev–Trinajstić information content (AvgIpc) is 3.31. The molecule has 0 unspecified atom stereocenters. The maximum Gasteiger partial charge on any atom is 0.0704 e. The summed E-state index contributed by atoms with van der Waals surface area (Å²) >= 11 is 1.89. The quantitative estimate of drug-likeness (QED) is 0.154. The van der Waals surface area contributed by atoms with Gasteiger partial charge in [0.2, 0.25) is 0 Å². The number of hydrogen-bond acceptors (Lipinski definition) is 3. The zero-order valence-electron chi connectivity index (χ0n) is 21.7. The SMILES string of the molecule is CN=C/C=C\C=C(/C)c1cc(CCCc2cccc(-c3ccccn3)c2C)cc2c1sc1ccccc12. The summed E-state index contributed by atoms with van der Waals surface area (Å²) in [5.41, 5.74) is 9.03. The molecule has 5 aromatic rings. The summed E-state index contributed by atoms with van der Waals surface area (Å²) in [4.78, 5) is 8.61. The Labute approximate surface area is 223 Å². The van der Waals surface area contributed by atoms with Crippen LogP contribution in [0.5, 0.6) is 0 Å². The van der Waals surface area contributed by atoms with E-state index in [1.807, 2.05) is 35.9 Å². The molecule has 0 aliphatic rings. The van der Waals surface area contributed by atoms with Gasteiger partial charge in [-0.2, -0.15) is 0 Å². The van der Waals surface area contributed by atoms with Crippen molar-refractivity contribution in [3.8, 4) is 11.3 Å². The molecular weight excluding hydrogens is 468 g/mol. The van der Waals surface area contributed by atoms with Gasteiger partial charge in [-0.05, 0) is 91.3 Å². The Kier molecular flexibility index (Phi) is 7.72. The van der Waals surface area contributed by atoms with Gasteiger partial charge in [0.25, 0.3) is 0 Å². The van der Waals surface area contributed by atoms with Crippen molar-refractivity contribution in [2.45, 2.75) is 33.1 Å². The van der Waals surface area contributed by atoms with Gasteiger partial charge >= 0.3 is 0 Å². The summed E-state index contributed by atoms with van der Waals surface area (Å²) in [6, 6.07) is 26.3.